The number of rotatable bonds is 4. The van der Waals surface area contributed by atoms with E-state index in [2.05, 4.69) is 20.8 Å². The highest BCUT2D eigenvalue weighted by atomic mass is 35.5. The van der Waals surface area contributed by atoms with Crippen LogP contribution in [-0.2, 0) is 0 Å². The third-order valence-electron chi connectivity index (χ3n) is 4.32. The lowest BCUT2D eigenvalue weighted by atomic mass is 9.95. The van der Waals surface area contributed by atoms with Crippen LogP contribution in [0.4, 0.5) is 0 Å². The molecule has 0 unspecified atom stereocenters. The summed E-state index contributed by atoms with van der Waals surface area (Å²) in [5.74, 6) is -0.0262. The molecule has 8 heteroatoms. The van der Waals surface area contributed by atoms with Crippen molar-refractivity contribution >= 4 is 29.3 Å². The Labute approximate surface area is 142 Å². The normalized spacial score (nSPS) is 25.7. The van der Waals surface area contributed by atoms with Crippen molar-refractivity contribution < 1.29 is 9.21 Å². The maximum atomic E-state index is 12.3. The second-order valence-corrected chi connectivity index (χ2v) is 7.16. The van der Waals surface area contributed by atoms with Crippen LogP contribution in [0.2, 0.25) is 5.35 Å². The average molecular weight is 351 g/mol. The molecule has 3 atom stereocenters. The number of amides is 1. The fraction of sp³-hybridized carbons (Fsp3) is 0.400. The molecule has 6 nitrogen and oxygen atoms in total. The third-order valence-corrected chi connectivity index (χ3v) is 5.32. The number of carbonyl (C=O) groups excluding carboxylic acids is 1. The molecule has 4 rings (SSSR count). The number of nitrogens with one attached hydrogen (secondary N) is 2. The van der Waals surface area contributed by atoms with Crippen molar-refractivity contribution in [1.29, 1.82) is 0 Å². The summed E-state index contributed by atoms with van der Waals surface area (Å²) in [6.45, 7) is 0. The Morgan fingerprint density at radius 3 is 2.74 bits per heavy atom. The molecule has 0 radical (unpaired) electrons. The van der Waals surface area contributed by atoms with E-state index in [9.17, 15) is 4.79 Å². The molecular formula is C15H15ClN4O2S. The monoisotopic (exact) mass is 350 g/mol. The van der Waals surface area contributed by atoms with Crippen molar-refractivity contribution in [3.05, 3.63) is 35.2 Å². The van der Waals surface area contributed by atoms with E-state index in [4.69, 9.17) is 16.0 Å². The van der Waals surface area contributed by atoms with Gasteiger partial charge < -0.3 is 15.1 Å². The first-order valence-corrected chi connectivity index (χ1v) is 8.70. The minimum atomic E-state index is -0.0262. The second-order valence-electron chi connectivity index (χ2n) is 5.81. The highest BCUT2D eigenvalue weighted by molar-refractivity contribution is 7.99. The highest BCUT2D eigenvalue weighted by Crippen LogP contribution is 2.29. The van der Waals surface area contributed by atoms with Crippen LogP contribution in [0, 0.1) is 0 Å². The van der Waals surface area contributed by atoms with Crippen LogP contribution in [0.3, 0.4) is 0 Å². The number of fused-ring (bicyclic) bond motifs is 2. The average Bonchev–Trinajstić information content (AvgIpc) is 3.25. The molecule has 2 saturated heterocycles. The van der Waals surface area contributed by atoms with Gasteiger partial charge in [0.25, 0.3) is 11.1 Å². The van der Waals surface area contributed by atoms with Gasteiger partial charge in [-0.25, -0.2) is 0 Å². The van der Waals surface area contributed by atoms with Gasteiger partial charge in [-0.15, -0.1) is 0 Å². The Morgan fingerprint density at radius 2 is 2.13 bits per heavy atom. The second kappa shape index (κ2) is 6.14. The lowest BCUT2D eigenvalue weighted by Gasteiger charge is -2.21. The third kappa shape index (κ3) is 3.22. The first-order chi connectivity index (χ1) is 11.2. The summed E-state index contributed by atoms with van der Waals surface area (Å²) in [6.07, 6.45) is 3.41. The minimum Gasteiger partial charge on any atom is -0.402 e. The Morgan fingerprint density at radius 1 is 1.30 bits per heavy atom. The summed E-state index contributed by atoms with van der Waals surface area (Å²) >= 11 is 6.89. The first-order valence-electron chi connectivity index (χ1n) is 7.51. The molecule has 2 bridgehead atoms. The van der Waals surface area contributed by atoms with Gasteiger partial charge in [0, 0.05) is 28.6 Å². The summed E-state index contributed by atoms with van der Waals surface area (Å²) in [7, 11) is 0. The molecule has 1 aromatic carbocycles. The van der Waals surface area contributed by atoms with E-state index in [1.165, 1.54) is 18.2 Å². The molecule has 2 aliphatic rings. The number of carbonyl (C=O) groups is 1. The molecule has 1 amide bonds. The zero-order chi connectivity index (χ0) is 15.8. The van der Waals surface area contributed by atoms with Gasteiger partial charge in [-0.05, 0) is 66.9 Å². The van der Waals surface area contributed by atoms with Crippen LogP contribution < -0.4 is 10.6 Å². The molecule has 3 heterocycles. The maximum absolute atomic E-state index is 12.3. The standard InChI is InChI=1S/C15H15ClN4O2S/c16-14-19-20-15(22-14)23-10-4-1-8(2-5-10)13(21)18-12-7-9-3-6-11(12)17-9/h1-2,4-5,9,11-12,17H,3,6-7H2,(H,18,21)/t9-,11+,12-/m1/s1. The molecule has 2 N–H and O–H groups in total. The van der Waals surface area contributed by atoms with Gasteiger partial charge in [0.1, 0.15) is 0 Å². The zero-order valence-electron chi connectivity index (χ0n) is 12.2. The molecule has 2 aromatic rings. The molecule has 1 aromatic heterocycles. The fourth-order valence-electron chi connectivity index (χ4n) is 3.24. The van der Waals surface area contributed by atoms with E-state index in [1.54, 1.807) is 12.1 Å². The Kier molecular flexibility index (Phi) is 4.00. The molecule has 120 valence electrons. The summed E-state index contributed by atoms with van der Waals surface area (Å²) in [5, 5.41) is 14.4. The molecule has 0 spiro atoms. The predicted molar refractivity (Wildman–Crippen MR) is 85.7 cm³/mol. The van der Waals surface area contributed by atoms with Crippen molar-refractivity contribution in [2.24, 2.45) is 0 Å². The zero-order valence-corrected chi connectivity index (χ0v) is 13.7. The Hall–Kier alpha value is -1.57. The van der Waals surface area contributed by atoms with E-state index in [-0.39, 0.29) is 17.3 Å². The topological polar surface area (TPSA) is 80.0 Å². The lowest BCUT2D eigenvalue weighted by molar-refractivity contribution is 0.0931. The van der Waals surface area contributed by atoms with Crippen molar-refractivity contribution in [3.8, 4) is 0 Å². The van der Waals surface area contributed by atoms with Crippen molar-refractivity contribution in [2.45, 2.75) is 47.5 Å². The number of hydrogen-bond acceptors (Lipinski definition) is 6. The van der Waals surface area contributed by atoms with Crippen molar-refractivity contribution in [3.63, 3.8) is 0 Å². The van der Waals surface area contributed by atoms with Crippen molar-refractivity contribution in [2.75, 3.05) is 0 Å². The smallest absolute Gasteiger partial charge is 0.313 e. The molecule has 0 aliphatic carbocycles. The molecule has 0 saturated carbocycles. The minimum absolute atomic E-state index is 0.0166. The number of halogens is 1. The Bertz CT molecular complexity index is 721. The van der Waals surface area contributed by atoms with Crippen LogP contribution in [-0.4, -0.2) is 34.2 Å². The Balaban J connectivity index is 1.38. The van der Waals surface area contributed by atoms with Gasteiger partial charge in [-0.3, -0.25) is 4.79 Å². The number of benzene rings is 1. The van der Waals surface area contributed by atoms with E-state index < -0.39 is 0 Å². The van der Waals surface area contributed by atoms with Crippen LogP contribution in [0.5, 0.6) is 0 Å². The van der Waals surface area contributed by atoms with Crippen molar-refractivity contribution in [1.82, 2.24) is 20.8 Å². The molecule has 2 aliphatic heterocycles. The highest BCUT2D eigenvalue weighted by Gasteiger charge is 2.39. The molecule has 23 heavy (non-hydrogen) atoms. The number of aromatic nitrogens is 2. The van der Waals surface area contributed by atoms with Gasteiger partial charge in [0.15, 0.2) is 0 Å². The van der Waals surface area contributed by atoms with Crippen LogP contribution in [0.15, 0.2) is 38.8 Å². The molecular weight excluding hydrogens is 336 g/mol. The van der Waals surface area contributed by atoms with Gasteiger partial charge >= 0.3 is 5.35 Å². The quantitative estimate of drug-likeness (QED) is 0.881. The first kappa shape index (κ1) is 15.0. The maximum Gasteiger partial charge on any atom is 0.313 e. The largest absolute Gasteiger partial charge is 0.402 e. The van der Waals surface area contributed by atoms with Gasteiger partial charge in [-0.2, -0.15) is 0 Å². The van der Waals surface area contributed by atoms with Gasteiger partial charge in [0.2, 0.25) is 0 Å². The predicted octanol–water partition coefficient (Wildman–Crippen LogP) is 2.50. The number of hydrogen-bond donors (Lipinski definition) is 2. The van der Waals surface area contributed by atoms with E-state index in [1.807, 2.05) is 12.1 Å². The summed E-state index contributed by atoms with van der Waals surface area (Å²) in [5.41, 5.74) is 0.653. The summed E-state index contributed by atoms with van der Waals surface area (Å²) < 4.78 is 5.10. The van der Waals surface area contributed by atoms with Crippen LogP contribution in [0.25, 0.3) is 0 Å². The molecule has 2 fully saturated rings. The van der Waals surface area contributed by atoms with Crippen LogP contribution >= 0.6 is 23.4 Å². The van der Waals surface area contributed by atoms with Gasteiger partial charge in [0.05, 0.1) is 0 Å². The van der Waals surface area contributed by atoms with E-state index >= 15 is 0 Å². The van der Waals surface area contributed by atoms with E-state index in [0.717, 1.165) is 17.7 Å². The van der Waals surface area contributed by atoms with E-state index in [0.29, 0.717) is 22.9 Å². The summed E-state index contributed by atoms with van der Waals surface area (Å²) in [6, 6.07) is 8.57. The SMILES string of the molecule is O=C(N[C@@H]1C[C@H]2CC[C@@H]1N2)c1ccc(Sc2nnc(Cl)o2)cc1. The fourth-order valence-corrected chi connectivity index (χ4v) is 4.08. The summed E-state index contributed by atoms with van der Waals surface area (Å²) in [4.78, 5) is 13.3. The van der Waals surface area contributed by atoms with Crippen LogP contribution in [0.1, 0.15) is 29.6 Å². The van der Waals surface area contributed by atoms with Gasteiger partial charge in [-0.1, -0.05) is 10.2 Å². The lowest BCUT2D eigenvalue weighted by Crippen LogP contribution is -2.42. The number of nitrogens with zero attached hydrogens (tertiary/aromatic N) is 2.